The van der Waals surface area contributed by atoms with Crippen LogP contribution in [0.2, 0.25) is 0 Å². The number of urea groups is 1. The van der Waals surface area contributed by atoms with Crippen LogP contribution in [-0.4, -0.2) is 77.4 Å². The number of fused-ring (bicyclic) bond motifs is 2. The number of benzene rings is 2. The van der Waals surface area contributed by atoms with Gasteiger partial charge in [0.25, 0.3) is 5.91 Å². The Morgan fingerprint density at radius 3 is 2.64 bits per heavy atom. The van der Waals surface area contributed by atoms with Crippen molar-refractivity contribution in [1.29, 1.82) is 0 Å². The van der Waals surface area contributed by atoms with Crippen LogP contribution in [-0.2, 0) is 4.79 Å². The number of amides is 4. The molecule has 3 heterocycles. The van der Waals surface area contributed by atoms with Crippen molar-refractivity contribution in [3.63, 3.8) is 0 Å². The number of hydrogen-bond acceptors (Lipinski definition) is 7. The first kappa shape index (κ1) is 20.8. The molecule has 33 heavy (non-hydrogen) atoms. The van der Waals surface area contributed by atoms with E-state index in [-0.39, 0.29) is 19.2 Å². The number of carbonyl (C=O) groups excluding carboxylic acids is 3. The normalized spacial score (nSPS) is 15.5. The lowest BCUT2D eigenvalue weighted by atomic mass is 10.2. The Bertz CT molecular complexity index is 1220. The van der Waals surface area contributed by atoms with E-state index >= 15 is 0 Å². The summed E-state index contributed by atoms with van der Waals surface area (Å²) in [5, 5.41) is 12.8. The van der Waals surface area contributed by atoms with Gasteiger partial charge in [-0.15, -0.1) is 0 Å². The number of piperazine rings is 1. The molecule has 0 spiro atoms. The molecular formula is C22H22N6O5. The highest BCUT2D eigenvalue weighted by Gasteiger charge is 2.26. The smallest absolute Gasteiger partial charge is 0.325 e. The number of aromatic nitrogens is 2. The molecule has 3 aromatic rings. The van der Waals surface area contributed by atoms with E-state index in [9.17, 15) is 14.4 Å². The second-order valence-corrected chi connectivity index (χ2v) is 7.76. The first-order valence-corrected chi connectivity index (χ1v) is 10.5. The van der Waals surface area contributed by atoms with Gasteiger partial charge in [-0.05, 0) is 18.2 Å². The van der Waals surface area contributed by atoms with Crippen LogP contribution < -0.4 is 20.1 Å². The summed E-state index contributed by atoms with van der Waals surface area (Å²) in [5.41, 5.74) is 1.70. The van der Waals surface area contributed by atoms with Gasteiger partial charge >= 0.3 is 6.03 Å². The number of anilines is 1. The SMILES string of the molecule is O=C(CN1CCN(C(=O)c2n[nH]c3ccccc23)CC1)NC(=O)Nc1ccc2c(c1)OCO2. The second-order valence-electron chi connectivity index (χ2n) is 7.76. The molecular weight excluding hydrogens is 428 g/mol. The molecule has 0 saturated carbocycles. The monoisotopic (exact) mass is 450 g/mol. The van der Waals surface area contributed by atoms with Crippen LogP contribution in [0.5, 0.6) is 11.5 Å². The van der Waals surface area contributed by atoms with Gasteiger partial charge < -0.3 is 19.7 Å². The van der Waals surface area contributed by atoms with Crippen molar-refractivity contribution >= 4 is 34.4 Å². The third-order valence-corrected chi connectivity index (χ3v) is 5.58. The molecule has 2 aliphatic rings. The zero-order valence-electron chi connectivity index (χ0n) is 17.7. The van der Waals surface area contributed by atoms with Crippen molar-refractivity contribution in [2.45, 2.75) is 0 Å². The molecule has 0 radical (unpaired) electrons. The van der Waals surface area contributed by atoms with Gasteiger partial charge in [0.15, 0.2) is 17.2 Å². The van der Waals surface area contributed by atoms with Crippen molar-refractivity contribution in [2.24, 2.45) is 0 Å². The van der Waals surface area contributed by atoms with Crippen molar-refractivity contribution in [2.75, 3.05) is 44.8 Å². The molecule has 2 aliphatic heterocycles. The molecule has 2 aromatic carbocycles. The Kier molecular flexibility index (Phi) is 5.53. The van der Waals surface area contributed by atoms with Crippen LogP contribution in [0.4, 0.5) is 10.5 Å². The average molecular weight is 450 g/mol. The highest BCUT2D eigenvalue weighted by Crippen LogP contribution is 2.34. The summed E-state index contributed by atoms with van der Waals surface area (Å²) < 4.78 is 10.5. The Labute approximate surface area is 188 Å². The van der Waals surface area contributed by atoms with Crippen LogP contribution in [0, 0.1) is 0 Å². The highest BCUT2D eigenvalue weighted by molar-refractivity contribution is 6.04. The van der Waals surface area contributed by atoms with Gasteiger partial charge in [-0.3, -0.25) is 24.9 Å². The first-order chi connectivity index (χ1) is 16.1. The van der Waals surface area contributed by atoms with Crippen molar-refractivity contribution < 1.29 is 23.9 Å². The molecule has 1 saturated heterocycles. The number of hydrogen-bond donors (Lipinski definition) is 3. The van der Waals surface area contributed by atoms with Gasteiger partial charge in [0.05, 0.1) is 12.1 Å². The predicted octanol–water partition coefficient (Wildman–Crippen LogP) is 1.40. The fourth-order valence-corrected chi connectivity index (χ4v) is 3.89. The summed E-state index contributed by atoms with van der Waals surface area (Å²) in [6.45, 7) is 2.17. The minimum Gasteiger partial charge on any atom is -0.454 e. The van der Waals surface area contributed by atoms with E-state index in [0.29, 0.717) is 49.1 Å². The van der Waals surface area contributed by atoms with Crippen LogP contribution in [0.15, 0.2) is 42.5 Å². The van der Waals surface area contributed by atoms with Gasteiger partial charge in [-0.2, -0.15) is 5.10 Å². The van der Waals surface area contributed by atoms with Crippen molar-refractivity contribution in [3.8, 4) is 11.5 Å². The maximum Gasteiger partial charge on any atom is 0.325 e. The number of carbonyl (C=O) groups is 3. The minimum absolute atomic E-state index is 0.0575. The molecule has 170 valence electrons. The lowest BCUT2D eigenvalue weighted by Crippen LogP contribution is -2.51. The molecule has 0 atom stereocenters. The maximum atomic E-state index is 12.9. The van der Waals surface area contributed by atoms with Crippen LogP contribution in [0.25, 0.3) is 10.9 Å². The fraction of sp³-hybridized carbons (Fsp3) is 0.273. The highest BCUT2D eigenvalue weighted by atomic mass is 16.7. The van der Waals surface area contributed by atoms with Gasteiger partial charge in [-0.25, -0.2) is 4.79 Å². The van der Waals surface area contributed by atoms with E-state index in [2.05, 4.69) is 20.8 Å². The van der Waals surface area contributed by atoms with E-state index in [1.54, 1.807) is 23.1 Å². The third-order valence-electron chi connectivity index (χ3n) is 5.58. The van der Waals surface area contributed by atoms with Gasteiger partial charge in [0, 0.05) is 43.3 Å². The van der Waals surface area contributed by atoms with E-state index in [0.717, 1.165) is 10.9 Å². The second kappa shape index (κ2) is 8.79. The summed E-state index contributed by atoms with van der Waals surface area (Å²) in [5.74, 6) is 0.579. The van der Waals surface area contributed by atoms with Crippen LogP contribution in [0.3, 0.4) is 0 Å². The Morgan fingerprint density at radius 2 is 1.79 bits per heavy atom. The molecule has 0 bridgehead atoms. The summed E-state index contributed by atoms with van der Waals surface area (Å²) in [7, 11) is 0. The number of nitrogens with one attached hydrogen (secondary N) is 3. The number of para-hydroxylation sites is 1. The molecule has 1 fully saturated rings. The zero-order valence-corrected chi connectivity index (χ0v) is 17.7. The molecule has 0 aliphatic carbocycles. The van der Waals surface area contributed by atoms with Crippen LogP contribution >= 0.6 is 0 Å². The zero-order chi connectivity index (χ0) is 22.8. The van der Waals surface area contributed by atoms with Crippen LogP contribution in [0.1, 0.15) is 10.5 Å². The van der Waals surface area contributed by atoms with Gasteiger partial charge in [0.2, 0.25) is 12.7 Å². The third kappa shape index (κ3) is 4.44. The topological polar surface area (TPSA) is 129 Å². The summed E-state index contributed by atoms with van der Waals surface area (Å²) >= 11 is 0. The lowest BCUT2D eigenvalue weighted by Gasteiger charge is -2.33. The summed E-state index contributed by atoms with van der Waals surface area (Å²) in [4.78, 5) is 40.9. The molecule has 1 aromatic heterocycles. The number of H-pyrrole nitrogens is 1. The van der Waals surface area contributed by atoms with Crippen molar-refractivity contribution in [3.05, 3.63) is 48.2 Å². The summed E-state index contributed by atoms with van der Waals surface area (Å²) in [6, 6.07) is 11.8. The number of aromatic amines is 1. The average Bonchev–Trinajstić information content (AvgIpc) is 3.45. The molecule has 11 heteroatoms. The van der Waals surface area contributed by atoms with E-state index < -0.39 is 11.9 Å². The van der Waals surface area contributed by atoms with E-state index in [1.165, 1.54) is 0 Å². The molecule has 11 nitrogen and oxygen atoms in total. The number of imide groups is 1. The number of rotatable bonds is 4. The lowest BCUT2D eigenvalue weighted by molar-refractivity contribution is -0.121. The first-order valence-electron chi connectivity index (χ1n) is 10.5. The standard InChI is InChI=1S/C22H22N6O5/c29-19(24-22(31)23-14-5-6-17-18(11-14)33-13-32-17)12-27-7-9-28(10-8-27)21(30)20-15-3-1-2-4-16(15)25-26-20/h1-6,11H,7-10,12-13H2,(H,25,26)(H2,23,24,29,31). The number of nitrogens with zero attached hydrogens (tertiary/aromatic N) is 3. The van der Waals surface area contributed by atoms with E-state index in [1.807, 2.05) is 29.2 Å². The molecule has 5 rings (SSSR count). The molecule has 4 amide bonds. The van der Waals surface area contributed by atoms with E-state index in [4.69, 9.17) is 9.47 Å². The fourth-order valence-electron chi connectivity index (χ4n) is 3.89. The quantitative estimate of drug-likeness (QED) is 0.548. The Hall–Kier alpha value is -4.12. The van der Waals surface area contributed by atoms with Crippen molar-refractivity contribution in [1.82, 2.24) is 25.3 Å². The molecule has 0 unspecified atom stereocenters. The summed E-state index contributed by atoms with van der Waals surface area (Å²) in [6.07, 6.45) is 0. The minimum atomic E-state index is -0.627. The Morgan fingerprint density at radius 1 is 1.00 bits per heavy atom. The van der Waals surface area contributed by atoms with Gasteiger partial charge in [-0.1, -0.05) is 18.2 Å². The largest absolute Gasteiger partial charge is 0.454 e. The number of ether oxygens (including phenoxy) is 2. The molecule has 3 N–H and O–H groups in total. The Balaban J connectivity index is 1.09. The van der Waals surface area contributed by atoms with Gasteiger partial charge in [0.1, 0.15) is 0 Å². The maximum absolute atomic E-state index is 12.9. The predicted molar refractivity (Wildman–Crippen MR) is 118 cm³/mol.